The maximum absolute atomic E-state index is 13.2. The lowest BCUT2D eigenvalue weighted by atomic mass is 10.1. The van der Waals surface area contributed by atoms with Crippen LogP contribution in [0.4, 0.5) is 0 Å². The zero-order valence-electron chi connectivity index (χ0n) is 14.0. The van der Waals surface area contributed by atoms with Crippen LogP contribution in [0.1, 0.15) is 34.1 Å². The number of rotatable bonds is 5. The maximum atomic E-state index is 13.2. The number of hydrogen-bond donors (Lipinski definition) is 0. The number of sulfonamides is 1. The van der Waals surface area contributed by atoms with E-state index in [0.717, 1.165) is 29.7 Å². The van der Waals surface area contributed by atoms with Gasteiger partial charge in [0.25, 0.3) is 0 Å². The minimum Gasteiger partial charge on any atom is -0.497 e. The van der Waals surface area contributed by atoms with Crippen molar-refractivity contribution in [2.24, 2.45) is 0 Å². The van der Waals surface area contributed by atoms with Crippen molar-refractivity contribution in [1.82, 2.24) is 4.31 Å². The van der Waals surface area contributed by atoms with Gasteiger partial charge >= 0.3 is 5.97 Å². The molecule has 0 saturated carbocycles. The van der Waals surface area contributed by atoms with Crippen LogP contribution in [-0.2, 0) is 14.8 Å². The molecule has 1 aromatic heterocycles. The van der Waals surface area contributed by atoms with E-state index in [9.17, 15) is 13.2 Å². The predicted octanol–water partition coefficient (Wildman–Crippen LogP) is 3.07. The van der Waals surface area contributed by atoms with Crippen LogP contribution in [0.25, 0.3) is 0 Å². The minimum absolute atomic E-state index is 0.0131. The fourth-order valence-corrected chi connectivity index (χ4v) is 6.07. The summed E-state index contributed by atoms with van der Waals surface area (Å²) >= 11 is 1.07. The molecule has 0 amide bonds. The molecule has 0 unspecified atom stereocenters. The molecule has 6 nitrogen and oxygen atoms in total. The van der Waals surface area contributed by atoms with E-state index in [1.807, 2.05) is 24.3 Å². The number of ether oxygens (including phenoxy) is 2. The molecule has 1 aromatic carbocycles. The highest BCUT2D eigenvalue weighted by Gasteiger charge is 2.38. The van der Waals surface area contributed by atoms with Crippen LogP contribution in [0, 0.1) is 0 Å². The number of carbonyl (C=O) groups excluding carboxylic acids is 1. The van der Waals surface area contributed by atoms with E-state index in [1.165, 1.54) is 17.5 Å². The van der Waals surface area contributed by atoms with Crippen LogP contribution in [-0.4, -0.2) is 39.5 Å². The zero-order valence-corrected chi connectivity index (χ0v) is 15.6. The molecular formula is C17H19NO5S2. The minimum atomic E-state index is -3.80. The Morgan fingerprint density at radius 2 is 2.08 bits per heavy atom. The second-order valence-corrected chi connectivity index (χ2v) is 8.43. The number of methoxy groups -OCH3 is 2. The Labute approximate surface area is 151 Å². The van der Waals surface area contributed by atoms with Crippen LogP contribution < -0.4 is 4.74 Å². The van der Waals surface area contributed by atoms with Crippen LogP contribution >= 0.6 is 11.3 Å². The number of nitrogens with zero attached hydrogens (tertiary/aromatic N) is 1. The van der Waals surface area contributed by atoms with Crippen molar-refractivity contribution in [3.05, 3.63) is 46.2 Å². The number of esters is 1. The highest BCUT2D eigenvalue weighted by Crippen LogP contribution is 2.39. The topological polar surface area (TPSA) is 72.9 Å². The van der Waals surface area contributed by atoms with Gasteiger partial charge in [0, 0.05) is 6.54 Å². The lowest BCUT2D eigenvalue weighted by molar-refractivity contribution is 0.0602. The van der Waals surface area contributed by atoms with Crippen molar-refractivity contribution in [3.8, 4) is 5.75 Å². The Hall–Kier alpha value is -1.90. The highest BCUT2D eigenvalue weighted by atomic mass is 32.2. The lowest BCUT2D eigenvalue weighted by Gasteiger charge is -2.24. The van der Waals surface area contributed by atoms with Gasteiger partial charge in [0.2, 0.25) is 10.0 Å². The summed E-state index contributed by atoms with van der Waals surface area (Å²) in [5, 5.41) is 1.59. The number of thiophene rings is 1. The molecule has 0 radical (unpaired) electrons. The van der Waals surface area contributed by atoms with Gasteiger partial charge < -0.3 is 9.47 Å². The molecule has 8 heteroatoms. The third kappa shape index (κ3) is 3.29. The Balaban J connectivity index is 1.99. The molecule has 0 aliphatic carbocycles. The molecule has 1 fully saturated rings. The molecule has 0 spiro atoms. The van der Waals surface area contributed by atoms with E-state index in [1.54, 1.807) is 12.5 Å². The van der Waals surface area contributed by atoms with E-state index in [4.69, 9.17) is 9.47 Å². The summed E-state index contributed by atoms with van der Waals surface area (Å²) in [7, 11) is -0.973. The SMILES string of the molecule is COC(=O)c1sccc1S(=O)(=O)N1CCC[C@@H]1c1cccc(OC)c1. The molecule has 1 atom stereocenters. The third-order valence-electron chi connectivity index (χ3n) is 4.27. The van der Waals surface area contributed by atoms with Gasteiger partial charge in [-0.1, -0.05) is 12.1 Å². The summed E-state index contributed by atoms with van der Waals surface area (Å²) in [4.78, 5) is 12.0. The van der Waals surface area contributed by atoms with Gasteiger partial charge in [0.15, 0.2) is 0 Å². The first-order chi connectivity index (χ1) is 12.0. The smallest absolute Gasteiger partial charge is 0.349 e. The molecule has 1 aliphatic rings. The number of benzene rings is 1. The van der Waals surface area contributed by atoms with Crippen molar-refractivity contribution in [2.75, 3.05) is 20.8 Å². The molecule has 25 heavy (non-hydrogen) atoms. The van der Waals surface area contributed by atoms with E-state index in [2.05, 4.69) is 0 Å². The summed E-state index contributed by atoms with van der Waals surface area (Å²) in [6, 6.07) is 8.62. The van der Waals surface area contributed by atoms with Gasteiger partial charge in [-0.2, -0.15) is 4.31 Å². The Bertz CT molecular complexity index is 875. The van der Waals surface area contributed by atoms with E-state index >= 15 is 0 Å². The lowest BCUT2D eigenvalue weighted by Crippen LogP contribution is -2.31. The predicted molar refractivity (Wildman–Crippen MR) is 94.5 cm³/mol. The summed E-state index contributed by atoms with van der Waals surface area (Å²) < 4.78 is 37.8. The first-order valence-corrected chi connectivity index (χ1v) is 10.1. The molecular weight excluding hydrogens is 362 g/mol. The van der Waals surface area contributed by atoms with Gasteiger partial charge in [0.05, 0.1) is 20.3 Å². The maximum Gasteiger partial charge on any atom is 0.349 e. The van der Waals surface area contributed by atoms with Crippen molar-refractivity contribution in [2.45, 2.75) is 23.8 Å². The van der Waals surface area contributed by atoms with Gasteiger partial charge in [-0.3, -0.25) is 0 Å². The van der Waals surface area contributed by atoms with Crippen LogP contribution in [0.2, 0.25) is 0 Å². The van der Waals surface area contributed by atoms with Crippen molar-refractivity contribution >= 4 is 27.3 Å². The molecule has 134 valence electrons. The second kappa shape index (κ2) is 7.15. The average Bonchev–Trinajstić information content (AvgIpc) is 3.30. The number of carbonyl (C=O) groups is 1. The standard InChI is InChI=1S/C17H19NO5S2/c1-22-13-6-3-5-12(11-13)14-7-4-9-18(14)25(20,21)15-8-10-24-16(15)17(19)23-2/h3,5-6,8,10-11,14H,4,7,9H2,1-2H3/t14-/m1/s1. The molecule has 1 aliphatic heterocycles. The Morgan fingerprint density at radius 1 is 1.28 bits per heavy atom. The monoisotopic (exact) mass is 381 g/mol. The van der Waals surface area contributed by atoms with Gasteiger partial charge in [-0.05, 0) is 42.0 Å². The van der Waals surface area contributed by atoms with Crippen LogP contribution in [0.15, 0.2) is 40.6 Å². The Morgan fingerprint density at radius 3 is 2.80 bits per heavy atom. The van der Waals surface area contributed by atoms with Crippen molar-refractivity contribution < 1.29 is 22.7 Å². The second-order valence-electron chi connectivity index (χ2n) is 5.66. The first kappa shape index (κ1) is 17.9. The highest BCUT2D eigenvalue weighted by molar-refractivity contribution is 7.89. The van der Waals surface area contributed by atoms with Gasteiger partial charge in [-0.15, -0.1) is 11.3 Å². The molecule has 2 heterocycles. The van der Waals surface area contributed by atoms with Gasteiger partial charge in [-0.25, -0.2) is 13.2 Å². The summed E-state index contributed by atoms with van der Waals surface area (Å²) in [6.45, 7) is 0.417. The molecule has 0 bridgehead atoms. The fraction of sp³-hybridized carbons (Fsp3) is 0.353. The fourth-order valence-electron chi connectivity index (χ4n) is 3.08. The molecule has 2 aromatic rings. The number of hydrogen-bond acceptors (Lipinski definition) is 6. The van der Waals surface area contributed by atoms with Gasteiger partial charge in [0.1, 0.15) is 15.5 Å². The quantitative estimate of drug-likeness (QED) is 0.744. The summed E-state index contributed by atoms with van der Waals surface area (Å²) in [5.41, 5.74) is 0.885. The van der Waals surface area contributed by atoms with E-state index in [-0.39, 0.29) is 15.8 Å². The average molecular weight is 381 g/mol. The molecule has 0 N–H and O–H groups in total. The summed E-state index contributed by atoms with van der Waals surface area (Å²) in [5.74, 6) is 0.0539. The molecule has 1 saturated heterocycles. The summed E-state index contributed by atoms with van der Waals surface area (Å²) in [6.07, 6.45) is 1.49. The van der Waals surface area contributed by atoms with Crippen molar-refractivity contribution in [3.63, 3.8) is 0 Å². The third-order valence-corrected chi connectivity index (χ3v) is 7.24. The molecule has 3 rings (SSSR count). The largest absolute Gasteiger partial charge is 0.497 e. The Kier molecular flexibility index (Phi) is 5.12. The van der Waals surface area contributed by atoms with E-state index < -0.39 is 16.0 Å². The normalized spacial score (nSPS) is 18.2. The van der Waals surface area contributed by atoms with Crippen LogP contribution in [0.5, 0.6) is 5.75 Å². The first-order valence-electron chi connectivity index (χ1n) is 7.80. The van der Waals surface area contributed by atoms with Crippen molar-refractivity contribution in [1.29, 1.82) is 0 Å². The van der Waals surface area contributed by atoms with Crippen LogP contribution in [0.3, 0.4) is 0 Å². The van der Waals surface area contributed by atoms with E-state index in [0.29, 0.717) is 12.3 Å². The zero-order chi connectivity index (χ0) is 18.0.